The van der Waals surface area contributed by atoms with Crippen molar-refractivity contribution in [2.24, 2.45) is 0 Å². The highest BCUT2D eigenvalue weighted by Gasteiger charge is 2.54. The van der Waals surface area contributed by atoms with E-state index in [1.54, 1.807) is 69.2 Å². The highest BCUT2D eigenvalue weighted by Crippen LogP contribution is 2.43. The second-order valence-electron chi connectivity index (χ2n) is 16.3. The smallest absolute Gasteiger partial charge is 0.410 e. The molecule has 11 heteroatoms. The van der Waals surface area contributed by atoms with Crippen LogP contribution in [0.5, 0.6) is 11.5 Å². The first kappa shape index (κ1) is 40.3. The Morgan fingerprint density at radius 3 is 2.17 bits per heavy atom. The lowest BCUT2D eigenvalue weighted by atomic mass is 10.0. The number of likely N-dealkylation sites (tertiary alicyclic amines) is 1. The highest BCUT2D eigenvalue weighted by molar-refractivity contribution is 6.74. The molecule has 2 atom stereocenters. The minimum atomic E-state index is -2.75. The maximum atomic E-state index is 14.9. The molecule has 0 bridgehead atoms. The number of nitrogens with zero attached hydrogens (tertiary/aromatic N) is 1. The molecule has 1 fully saturated rings. The van der Waals surface area contributed by atoms with Crippen LogP contribution >= 0.6 is 0 Å². The van der Waals surface area contributed by atoms with E-state index in [1.165, 1.54) is 0 Å². The number of hydrogen-bond acceptors (Lipinski definition) is 8. The molecular formula is C43H54N2O8Si. The summed E-state index contributed by atoms with van der Waals surface area (Å²) in [4.78, 5) is 44.0. The number of methoxy groups -OCH3 is 1. The summed E-state index contributed by atoms with van der Waals surface area (Å²) in [5, 5.41) is 4.34. The zero-order valence-electron chi connectivity index (χ0n) is 33.0. The first-order valence-electron chi connectivity index (χ1n) is 18.5. The zero-order valence-corrected chi connectivity index (χ0v) is 34.0. The van der Waals surface area contributed by atoms with Crippen molar-refractivity contribution in [2.75, 3.05) is 20.2 Å². The molecule has 0 unspecified atom stereocenters. The van der Waals surface area contributed by atoms with E-state index in [4.69, 9.17) is 23.4 Å². The maximum absolute atomic E-state index is 14.9. The van der Waals surface area contributed by atoms with E-state index >= 15 is 0 Å². The average Bonchev–Trinajstić information content (AvgIpc) is 3.28. The third-order valence-electron chi connectivity index (χ3n) is 10.00. The Labute approximate surface area is 320 Å². The van der Waals surface area contributed by atoms with Crippen LogP contribution in [0.4, 0.5) is 4.79 Å². The lowest BCUT2D eigenvalue weighted by Gasteiger charge is -2.47. The zero-order chi connectivity index (χ0) is 39.3. The van der Waals surface area contributed by atoms with E-state index in [9.17, 15) is 14.4 Å². The Morgan fingerprint density at radius 1 is 0.870 bits per heavy atom. The second-order valence-corrected chi connectivity index (χ2v) is 21.0. The molecule has 1 N–H and O–H groups in total. The molecule has 2 amide bonds. The Bertz CT molecular complexity index is 1940. The normalized spacial score (nSPS) is 18.0. The number of hydrogen-bond donors (Lipinski definition) is 1. The van der Waals surface area contributed by atoms with Gasteiger partial charge in [0.25, 0.3) is 5.91 Å². The molecule has 4 aromatic rings. The number of carbonyl (C=O) groups is 3. The summed E-state index contributed by atoms with van der Waals surface area (Å²) in [6.45, 7) is 16.3. The van der Waals surface area contributed by atoms with Crippen LogP contribution in [0.15, 0.2) is 91.0 Å². The van der Waals surface area contributed by atoms with Gasteiger partial charge in [-0.05, 0) is 86.6 Å². The molecule has 10 nitrogen and oxygen atoms in total. The van der Waals surface area contributed by atoms with Gasteiger partial charge in [0.05, 0.1) is 13.7 Å². The number of benzene rings is 4. The van der Waals surface area contributed by atoms with E-state index < -0.39 is 43.7 Å². The van der Waals surface area contributed by atoms with Gasteiger partial charge in [-0.1, -0.05) is 81.4 Å². The molecule has 288 valence electrons. The molecule has 1 aliphatic rings. The van der Waals surface area contributed by atoms with Crippen LogP contribution in [0.1, 0.15) is 80.7 Å². The number of rotatable bonds is 10. The molecule has 5 rings (SSSR count). The summed E-state index contributed by atoms with van der Waals surface area (Å²) >= 11 is 0. The molecule has 0 aromatic heterocycles. The summed E-state index contributed by atoms with van der Waals surface area (Å²) in [7, 11) is -1.16. The van der Waals surface area contributed by atoms with Crippen molar-refractivity contribution in [3.8, 4) is 11.5 Å². The summed E-state index contributed by atoms with van der Waals surface area (Å²) in [5.74, 6) is -1.83. The van der Waals surface area contributed by atoms with Gasteiger partial charge in [0.15, 0.2) is 8.32 Å². The largest absolute Gasteiger partial charge is 0.496 e. The van der Waals surface area contributed by atoms with Gasteiger partial charge in [-0.2, -0.15) is 0 Å². The molecule has 1 saturated heterocycles. The van der Waals surface area contributed by atoms with Crippen LogP contribution in [0.2, 0.25) is 18.1 Å². The number of fused-ring (bicyclic) bond motifs is 1. The third kappa shape index (κ3) is 9.61. The van der Waals surface area contributed by atoms with Crippen molar-refractivity contribution in [1.29, 1.82) is 0 Å². The summed E-state index contributed by atoms with van der Waals surface area (Å²) in [5.41, 5.74) is 0.774. The number of esters is 1. The number of amides is 2. The Morgan fingerprint density at radius 2 is 1.54 bits per heavy atom. The molecule has 0 saturated carbocycles. The van der Waals surface area contributed by atoms with Crippen molar-refractivity contribution in [3.63, 3.8) is 0 Å². The Kier molecular flexibility index (Phi) is 12.1. The van der Waals surface area contributed by atoms with Gasteiger partial charge in [-0.3, -0.25) is 4.79 Å². The summed E-state index contributed by atoms with van der Waals surface area (Å²) in [6, 6.07) is 26.6. The molecule has 1 aliphatic heterocycles. The fourth-order valence-corrected chi connectivity index (χ4v) is 7.61. The first-order chi connectivity index (χ1) is 25.4. The van der Waals surface area contributed by atoms with E-state index in [2.05, 4.69) is 39.2 Å². The quantitative estimate of drug-likeness (QED) is 0.0970. The van der Waals surface area contributed by atoms with Crippen molar-refractivity contribution in [1.82, 2.24) is 10.2 Å². The molecule has 4 aromatic carbocycles. The summed E-state index contributed by atoms with van der Waals surface area (Å²) in [6.07, 6.45) is 0.0767. The minimum absolute atomic E-state index is 0.0261. The van der Waals surface area contributed by atoms with Crippen LogP contribution in [-0.4, -0.2) is 68.8 Å². The monoisotopic (exact) mass is 754 g/mol. The number of nitrogens with one attached hydrogen (secondary N) is 1. The first-order valence-corrected chi connectivity index (χ1v) is 21.4. The molecule has 1 heterocycles. The van der Waals surface area contributed by atoms with Gasteiger partial charge in [-0.15, -0.1) is 0 Å². The minimum Gasteiger partial charge on any atom is -0.496 e. The predicted molar refractivity (Wildman–Crippen MR) is 212 cm³/mol. The molecule has 0 aliphatic carbocycles. The van der Waals surface area contributed by atoms with Crippen molar-refractivity contribution < 1.29 is 37.8 Å². The number of ether oxygens (including phenoxy) is 4. The average molecular weight is 755 g/mol. The topological polar surface area (TPSA) is 113 Å². The van der Waals surface area contributed by atoms with Gasteiger partial charge < -0.3 is 33.6 Å². The van der Waals surface area contributed by atoms with E-state index in [0.29, 0.717) is 30.0 Å². The Balaban J connectivity index is 1.63. The molecular weight excluding hydrogens is 701 g/mol. The standard InChI is InChI=1S/C43H54N2O8Si/c1-41(2,3)52-40(48)45-25-17-24-43(53-54(8,9)42(4,5)6,37(28-45)44-38(46)31-20-14-11-15-21-31)51-39(47)34-26-32-22-16-23-35(49-7)33(32)27-36(34)50-29-30-18-12-10-13-19-30/h10-16,18-23,26-27,37H,17,24-25,28-29H2,1-9H3,(H,44,46)/t37-,43-/m1/s1. The maximum Gasteiger partial charge on any atom is 0.410 e. The van der Waals surface area contributed by atoms with Crippen molar-refractivity contribution in [3.05, 3.63) is 108 Å². The second kappa shape index (κ2) is 16.2. The van der Waals surface area contributed by atoms with Gasteiger partial charge >= 0.3 is 12.1 Å². The van der Waals surface area contributed by atoms with Crippen LogP contribution < -0.4 is 14.8 Å². The van der Waals surface area contributed by atoms with Gasteiger partial charge in [-0.25, -0.2) is 9.59 Å². The van der Waals surface area contributed by atoms with E-state index in [0.717, 1.165) is 16.3 Å². The van der Waals surface area contributed by atoms with E-state index in [-0.39, 0.29) is 30.2 Å². The molecule has 0 radical (unpaired) electrons. The number of carbonyl (C=O) groups excluding carboxylic acids is 3. The third-order valence-corrected chi connectivity index (χ3v) is 14.5. The highest BCUT2D eigenvalue weighted by atomic mass is 28.4. The predicted octanol–water partition coefficient (Wildman–Crippen LogP) is 9.13. The van der Waals surface area contributed by atoms with Crippen LogP contribution in [0, 0.1) is 0 Å². The molecule has 54 heavy (non-hydrogen) atoms. The lowest BCUT2D eigenvalue weighted by molar-refractivity contribution is -0.174. The SMILES string of the molecule is COc1cccc2cc(C(=O)O[C@@]3(O[Si](C)(C)C(C)(C)C)CCCN(C(=O)OC(C)(C)C)C[C@H]3NC(=O)c3ccccc3)c(OCc3ccccc3)cc12. The van der Waals surface area contributed by atoms with Gasteiger partial charge in [0.2, 0.25) is 5.79 Å². The van der Waals surface area contributed by atoms with Gasteiger partial charge in [0.1, 0.15) is 35.3 Å². The van der Waals surface area contributed by atoms with Crippen LogP contribution in [0.25, 0.3) is 10.8 Å². The van der Waals surface area contributed by atoms with E-state index in [1.807, 2.05) is 54.6 Å². The van der Waals surface area contributed by atoms with Crippen LogP contribution in [-0.2, 0) is 20.5 Å². The molecule has 0 spiro atoms. The summed E-state index contributed by atoms with van der Waals surface area (Å²) < 4.78 is 31.8. The fraction of sp³-hybridized carbons (Fsp3) is 0.419. The lowest BCUT2D eigenvalue weighted by Crippen LogP contribution is -2.64. The van der Waals surface area contributed by atoms with Crippen LogP contribution in [0.3, 0.4) is 0 Å². The Hall–Kier alpha value is -4.87. The van der Waals surface area contributed by atoms with Crippen molar-refractivity contribution in [2.45, 2.75) is 96.6 Å². The van der Waals surface area contributed by atoms with Crippen molar-refractivity contribution >= 4 is 37.1 Å². The fourth-order valence-electron chi connectivity index (χ4n) is 6.15. The van der Waals surface area contributed by atoms with Gasteiger partial charge in [0, 0.05) is 23.9 Å².